The third-order valence-corrected chi connectivity index (χ3v) is 5.86. The Bertz CT molecular complexity index is 580. The van der Waals surface area contributed by atoms with E-state index < -0.39 is 35.1 Å². The Hall–Kier alpha value is -0.950. The Morgan fingerprint density at radius 2 is 1.95 bits per heavy atom. The maximum atomic E-state index is 14.5. The second-order valence-corrected chi connectivity index (χ2v) is 6.80. The minimum absolute atomic E-state index is 0.379. The second kappa shape index (κ2) is 4.52. The highest BCUT2D eigenvalue weighted by Crippen LogP contribution is 2.62. The molecular formula is C15H16F2O3S. The number of fused-ring (bicyclic) bond motifs is 2. The average Bonchev–Trinajstić information content (AvgIpc) is 2.81. The summed E-state index contributed by atoms with van der Waals surface area (Å²) in [5.74, 6) is -3.54. The molecule has 2 aliphatic heterocycles. The lowest BCUT2D eigenvalue weighted by atomic mass is 9.71. The monoisotopic (exact) mass is 314 g/mol. The summed E-state index contributed by atoms with van der Waals surface area (Å²) < 4.78 is 34.3. The zero-order chi connectivity index (χ0) is 15.5. The van der Waals surface area contributed by atoms with Gasteiger partial charge >= 0.3 is 5.92 Å². The maximum Gasteiger partial charge on any atom is 0.308 e. The van der Waals surface area contributed by atoms with Crippen LogP contribution in [0, 0.1) is 0 Å². The molecule has 3 rings (SSSR count). The van der Waals surface area contributed by atoms with E-state index in [-0.39, 0.29) is 0 Å². The Morgan fingerprint density at radius 3 is 2.52 bits per heavy atom. The molecule has 21 heavy (non-hydrogen) atoms. The van der Waals surface area contributed by atoms with Crippen LogP contribution in [-0.4, -0.2) is 45.3 Å². The molecule has 4 atom stereocenters. The molecule has 0 spiro atoms. The predicted octanol–water partition coefficient (Wildman–Crippen LogP) is 2.23. The lowest BCUT2D eigenvalue weighted by molar-refractivity contribution is -0.206. The number of halogens is 2. The van der Waals surface area contributed by atoms with Gasteiger partial charge in [-0.25, -0.2) is 8.78 Å². The number of hydrogen-bond donors (Lipinski definition) is 2. The number of ether oxygens (including phenoxy) is 1. The van der Waals surface area contributed by atoms with Crippen LogP contribution in [0.3, 0.4) is 0 Å². The van der Waals surface area contributed by atoms with E-state index in [4.69, 9.17) is 4.74 Å². The van der Waals surface area contributed by atoms with Crippen molar-refractivity contribution in [3.63, 3.8) is 0 Å². The van der Waals surface area contributed by atoms with E-state index in [1.54, 1.807) is 0 Å². The Labute approximate surface area is 125 Å². The molecule has 1 aromatic carbocycles. The van der Waals surface area contributed by atoms with Crippen molar-refractivity contribution in [2.24, 2.45) is 0 Å². The van der Waals surface area contributed by atoms with Crippen LogP contribution in [0.4, 0.5) is 8.78 Å². The maximum absolute atomic E-state index is 14.5. The van der Waals surface area contributed by atoms with Gasteiger partial charge in [-0.15, -0.1) is 11.8 Å². The summed E-state index contributed by atoms with van der Waals surface area (Å²) >= 11 is 1.24. The largest absolute Gasteiger partial charge is 0.393 e. The van der Waals surface area contributed by atoms with Gasteiger partial charge in [0, 0.05) is 4.90 Å². The molecule has 3 nitrogen and oxygen atoms in total. The normalized spacial score (nSPS) is 40.7. The lowest BCUT2D eigenvalue weighted by Crippen LogP contribution is -2.66. The fourth-order valence-corrected chi connectivity index (χ4v) is 4.39. The fraction of sp³-hybridized carbons (Fsp3) is 0.467. The van der Waals surface area contributed by atoms with E-state index in [0.717, 1.165) is 4.90 Å². The molecule has 2 heterocycles. The minimum atomic E-state index is -3.54. The summed E-state index contributed by atoms with van der Waals surface area (Å²) in [7, 11) is 0. The number of aliphatic hydroxyl groups is 2. The first-order valence-electron chi connectivity index (χ1n) is 6.58. The summed E-state index contributed by atoms with van der Waals surface area (Å²) in [6, 6.07) is 9.13. The molecule has 6 heteroatoms. The number of thioether (sulfide) groups is 1. The van der Waals surface area contributed by atoms with Gasteiger partial charge in [0.25, 0.3) is 0 Å². The van der Waals surface area contributed by atoms with E-state index in [9.17, 15) is 19.0 Å². The topological polar surface area (TPSA) is 49.7 Å². The van der Waals surface area contributed by atoms with Crippen LogP contribution in [-0.2, 0) is 4.74 Å². The van der Waals surface area contributed by atoms with Crippen molar-refractivity contribution in [2.75, 3.05) is 6.61 Å². The number of aliphatic hydroxyl groups excluding tert-OH is 1. The van der Waals surface area contributed by atoms with Gasteiger partial charge in [-0.2, -0.15) is 0 Å². The quantitative estimate of drug-likeness (QED) is 0.840. The van der Waals surface area contributed by atoms with Crippen LogP contribution in [0.1, 0.15) is 6.92 Å². The van der Waals surface area contributed by atoms with Crippen molar-refractivity contribution in [3.8, 4) is 0 Å². The first-order chi connectivity index (χ1) is 9.78. The predicted molar refractivity (Wildman–Crippen MR) is 75.5 cm³/mol. The van der Waals surface area contributed by atoms with Crippen LogP contribution >= 0.6 is 11.8 Å². The molecule has 0 aromatic heterocycles. The molecule has 0 saturated carbocycles. The highest BCUT2D eigenvalue weighted by atomic mass is 32.2. The summed E-state index contributed by atoms with van der Waals surface area (Å²) in [6.45, 7) is 4.14. The van der Waals surface area contributed by atoms with Gasteiger partial charge in [-0.05, 0) is 24.6 Å². The summed E-state index contributed by atoms with van der Waals surface area (Å²) in [4.78, 5) is 0.826. The highest BCUT2D eigenvalue weighted by molar-refractivity contribution is 8.00. The Balaban J connectivity index is 1.97. The molecule has 0 amide bonds. The third kappa shape index (κ3) is 1.70. The van der Waals surface area contributed by atoms with Crippen molar-refractivity contribution in [1.82, 2.24) is 0 Å². The van der Waals surface area contributed by atoms with Gasteiger partial charge in [0.1, 0.15) is 11.7 Å². The van der Waals surface area contributed by atoms with Gasteiger partial charge in [0.2, 0.25) is 0 Å². The zero-order valence-electron chi connectivity index (χ0n) is 11.4. The molecular weight excluding hydrogens is 298 g/mol. The smallest absolute Gasteiger partial charge is 0.308 e. The van der Waals surface area contributed by atoms with Crippen molar-refractivity contribution >= 4 is 11.8 Å². The number of hydrogen-bond acceptors (Lipinski definition) is 4. The van der Waals surface area contributed by atoms with Crippen molar-refractivity contribution in [2.45, 2.75) is 40.3 Å². The molecule has 0 radical (unpaired) electrons. The van der Waals surface area contributed by atoms with E-state index in [1.165, 1.54) is 18.7 Å². The molecule has 0 unspecified atom stereocenters. The average molecular weight is 314 g/mol. The first kappa shape index (κ1) is 15.0. The van der Waals surface area contributed by atoms with Gasteiger partial charge in [0.15, 0.2) is 5.60 Å². The molecule has 2 saturated heterocycles. The molecule has 2 aliphatic rings. The SMILES string of the molecule is C=C1[C@@H](Sc2ccccc2)[C@H]2O[C@]1(C)[C@](O)(CO)C2(F)F. The van der Waals surface area contributed by atoms with Crippen molar-refractivity contribution < 1.29 is 23.7 Å². The molecule has 0 aliphatic carbocycles. The van der Waals surface area contributed by atoms with E-state index in [1.807, 2.05) is 30.3 Å². The van der Waals surface area contributed by atoms with Crippen molar-refractivity contribution in [3.05, 3.63) is 42.5 Å². The van der Waals surface area contributed by atoms with Crippen LogP contribution in [0.15, 0.2) is 47.4 Å². The minimum Gasteiger partial charge on any atom is -0.393 e. The van der Waals surface area contributed by atoms with Crippen LogP contribution in [0.5, 0.6) is 0 Å². The number of alkyl halides is 2. The molecule has 1 aromatic rings. The van der Waals surface area contributed by atoms with Crippen LogP contribution < -0.4 is 0 Å². The van der Waals surface area contributed by atoms with Crippen LogP contribution in [0.2, 0.25) is 0 Å². The van der Waals surface area contributed by atoms with Gasteiger partial charge in [-0.1, -0.05) is 24.8 Å². The lowest BCUT2D eigenvalue weighted by Gasteiger charge is -2.43. The third-order valence-electron chi connectivity index (χ3n) is 4.53. The number of benzene rings is 1. The standard InChI is InChI=1S/C15H16F2O3S/c1-9-11(21-10-6-4-3-5-7-10)12-15(16,17)14(19,8-18)13(9,2)20-12/h3-7,11-12,18-19H,1,8H2,2H3/t11-,12-,13+,14-/m1/s1. The van der Waals surface area contributed by atoms with Gasteiger partial charge in [-0.3, -0.25) is 0 Å². The van der Waals surface area contributed by atoms with Gasteiger partial charge in [0.05, 0.1) is 11.9 Å². The van der Waals surface area contributed by atoms with E-state index in [2.05, 4.69) is 6.58 Å². The highest BCUT2D eigenvalue weighted by Gasteiger charge is 2.81. The summed E-state index contributed by atoms with van der Waals surface area (Å²) in [5, 5.41) is 18.9. The summed E-state index contributed by atoms with van der Waals surface area (Å²) in [6.07, 6.45) is -1.50. The Kier molecular flexibility index (Phi) is 3.22. The summed E-state index contributed by atoms with van der Waals surface area (Å²) in [5.41, 5.74) is -3.90. The van der Waals surface area contributed by atoms with Crippen LogP contribution in [0.25, 0.3) is 0 Å². The molecule has 114 valence electrons. The first-order valence-corrected chi connectivity index (χ1v) is 7.46. The second-order valence-electron chi connectivity index (χ2n) is 5.59. The molecule has 2 N–H and O–H groups in total. The Morgan fingerprint density at radius 1 is 1.33 bits per heavy atom. The van der Waals surface area contributed by atoms with Gasteiger partial charge < -0.3 is 14.9 Å². The van der Waals surface area contributed by atoms with E-state index >= 15 is 0 Å². The fourth-order valence-electron chi connectivity index (χ4n) is 3.06. The number of rotatable bonds is 3. The molecule has 2 bridgehead atoms. The molecule has 2 fully saturated rings. The van der Waals surface area contributed by atoms with Crippen molar-refractivity contribution in [1.29, 1.82) is 0 Å². The van der Waals surface area contributed by atoms with E-state index in [0.29, 0.717) is 5.57 Å². The zero-order valence-corrected chi connectivity index (χ0v) is 12.2.